The first-order valence-corrected chi connectivity index (χ1v) is 5.52. The minimum Gasteiger partial charge on any atom is -0.494 e. The molecule has 0 aliphatic carbocycles. The van der Waals surface area contributed by atoms with Gasteiger partial charge in [-0.3, -0.25) is 10.1 Å². The van der Waals surface area contributed by atoms with Gasteiger partial charge in [0, 0.05) is 18.7 Å². The number of rotatable bonds is 6. The fourth-order valence-corrected chi connectivity index (χ4v) is 1.51. The van der Waals surface area contributed by atoms with E-state index in [-0.39, 0.29) is 23.2 Å². The zero-order valence-electron chi connectivity index (χ0n) is 10.3. The van der Waals surface area contributed by atoms with E-state index in [0.29, 0.717) is 13.0 Å². The first-order chi connectivity index (χ1) is 8.53. The Morgan fingerprint density at radius 3 is 2.72 bits per heavy atom. The topological polar surface area (TPSA) is 90.4 Å². The van der Waals surface area contributed by atoms with E-state index in [0.717, 1.165) is 6.07 Å². The van der Waals surface area contributed by atoms with Crippen molar-refractivity contribution in [3.05, 3.63) is 28.1 Å². The minimum absolute atomic E-state index is 0.0463. The number of nitrogens with zero attached hydrogens (tertiary/aromatic N) is 1. The molecule has 0 aliphatic heterocycles. The van der Waals surface area contributed by atoms with E-state index < -0.39 is 10.7 Å². The Morgan fingerprint density at radius 2 is 2.28 bits per heavy atom. The number of nitrogens with one attached hydrogen (secondary N) is 1. The van der Waals surface area contributed by atoms with E-state index >= 15 is 0 Å². The molecule has 1 aromatic carbocycles. The SMILES string of the molecule is CCC(CN)Nc1cc(OC)c(F)cc1[N+](=O)[O-]. The maximum absolute atomic E-state index is 13.4. The van der Waals surface area contributed by atoms with E-state index in [4.69, 9.17) is 10.5 Å². The number of nitro benzene ring substituents is 1. The second-order valence-corrected chi connectivity index (χ2v) is 3.75. The summed E-state index contributed by atoms with van der Waals surface area (Å²) < 4.78 is 18.2. The number of hydrogen-bond donors (Lipinski definition) is 2. The lowest BCUT2D eigenvalue weighted by Crippen LogP contribution is -2.28. The molecule has 3 N–H and O–H groups in total. The van der Waals surface area contributed by atoms with Crippen LogP contribution in [-0.2, 0) is 0 Å². The third kappa shape index (κ3) is 3.07. The molecule has 7 heteroatoms. The van der Waals surface area contributed by atoms with Crippen molar-refractivity contribution in [1.29, 1.82) is 0 Å². The number of hydrogen-bond acceptors (Lipinski definition) is 5. The molecule has 1 unspecified atom stereocenters. The highest BCUT2D eigenvalue weighted by atomic mass is 19.1. The minimum atomic E-state index is -0.768. The van der Waals surface area contributed by atoms with Gasteiger partial charge in [-0.15, -0.1) is 0 Å². The second-order valence-electron chi connectivity index (χ2n) is 3.75. The van der Waals surface area contributed by atoms with Crippen molar-refractivity contribution in [2.75, 3.05) is 19.0 Å². The van der Waals surface area contributed by atoms with Crippen LogP contribution in [0.25, 0.3) is 0 Å². The van der Waals surface area contributed by atoms with Crippen molar-refractivity contribution < 1.29 is 14.1 Å². The first-order valence-electron chi connectivity index (χ1n) is 5.52. The predicted molar refractivity (Wildman–Crippen MR) is 66.4 cm³/mol. The molecular weight excluding hydrogens is 241 g/mol. The fourth-order valence-electron chi connectivity index (χ4n) is 1.51. The molecule has 0 amide bonds. The third-order valence-electron chi connectivity index (χ3n) is 2.60. The summed E-state index contributed by atoms with van der Waals surface area (Å²) in [5.41, 5.74) is 5.39. The third-order valence-corrected chi connectivity index (χ3v) is 2.60. The van der Waals surface area contributed by atoms with Crippen LogP contribution in [0.1, 0.15) is 13.3 Å². The average Bonchev–Trinajstić information content (AvgIpc) is 2.36. The van der Waals surface area contributed by atoms with Gasteiger partial charge in [0.2, 0.25) is 0 Å². The van der Waals surface area contributed by atoms with Gasteiger partial charge in [-0.25, -0.2) is 4.39 Å². The Bertz CT molecular complexity index is 436. The lowest BCUT2D eigenvalue weighted by atomic mass is 10.2. The van der Waals surface area contributed by atoms with Gasteiger partial charge in [-0.2, -0.15) is 0 Å². The van der Waals surface area contributed by atoms with Gasteiger partial charge in [0.05, 0.1) is 18.1 Å². The summed E-state index contributed by atoms with van der Waals surface area (Å²) in [6.07, 6.45) is 0.702. The molecule has 0 saturated carbocycles. The zero-order valence-corrected chi connectivity index (χ0v) is 10.3. The normalized spacial score (nSPS) is 12.0. The summed E-state index contributed by atoms with van der Waals surface area (Å²) in [5.74, 6) is -0.814. The summed E-state index contributed by atoms with van der Waals surface area (Å²) in [6.45, 7) is 2.23. The van der Waals surface area contributed by atoms with E-state index in [1.54, 1.807) is 0 Å². The molecule has 1 rings (SSSR count). The summed E-state index contributed by atoms with van der Waals surface area (Å²) in [7, 11) is 1.30. The smallest absolute Gasteiger partial charge is 0.295 e. The molecule has 0 radical (unpaired) electrons. The molecule has 0 aromatic heterocycles. The van der Waals surface area contributed by atoms with Crippen LogP contribution in [0.2, 0.25) is 0 Å². The highest BCUT2D eigenvalue weighted by Gasteiger charge is 2.20. The monoisotopic (exact) mass is 257 g/mol. The Kier molecular flexibility index (Phi) is 4.85. The molecule has 1 atom stereocenters. The maximum atomic E-state index is 13.4. The molecule has 1 aromatic rings. The number of nitro groups is 1. The van der Waals surface area contributed by atoms with Crippen LogP contribution in [0, 0.1) is 15.9 Å². The Morgan fingerprint density at radius 1 is 1.61 bits per heavy atom. The van der Waals surface area contributed by atoms with Crippen LogP contribution in [-0.4, -0.2) is 24.6 Å². The van der Waals surface area contributed by atoms with Gasteiger partial charge in [-0.05, 0) is 6.42 Å². The highest BCUT2D eigenvalue weighted by Crippen LogP contribution is 2.32. The van der Waals surface area contributed by atoms with Crippen LogP contribution < -0.4 is 15.8 Å². The number of anilines is 1. The van der Waals surface area contributed by atoms with Crippen LogP contribution in [0.15, 0.2) is 12.1 Å². The van der Waals surface area contributed by atoms with Crippen LogP contribution >= 0.6 is 0 Å². The molecule has 100 valence electrons. The predicted octanol–water partition coefficient (Wildman–Crippen LogP) is 1.89. The molecule has 0 fully saturated rings. The van der Waals surface area contributed by atoms with Crippen LogP contribution in [0.4, 0.5) is 15.8 Å². The summed E-state index contributed by atoms with van der Waals surface area (Å²) in [6, 6.07) is 2.00. The van der Waals surface area contributed by atoms with E-state index in [2.05, 4.69) is 5.32 Å². The first kappa shape index (κ1) is 14.2. The average molecular weight is 257 g/mol. The molecule has 0 aliphatic rings. The van der Waals surface area contributed by atoms with E-state index in [9.17, 15) is 14.5 Å². The van der Waals surface area contributed by atoms with Gasteiger partial charge in [0.15, 0.2) is 11.6 Å². The van der Waals surface area contributed by atoms with Crippen molar-refractivity contribution >= 4 is 11.4 Å². The number of benzene rings is 1. The number of methoxy groups -OCH3 is 1. The summed E-state index contributed by atoms with van der Waals surface area (Å²) >= 11 is 0. The molecule has 0 heterocycles. The quantitative estimate of drug-likeness (QED) is 0.600. The van der Waals surface area contributed by atoms with Gasteiger partial charge >= 0.3 is 0 Å². The maximum Gasteiger partial charge on any atom is 0.295 e. The van der Waals surface area contributed by atoms with Crippen molar-refractivity contribution in [2.45, 2.75) is 19.4 Å². The number of nitrogens with two attached hydrogens (primary N) is 1. The van der Waals surface area contributed by atoms with E-state index in [1.807, 2.05) is 6.92 Å². The second kappa shape index (κ2) is 6.15. The Balaban J connectivity index is 3.17. The van der Waals surface area contributed by atoms with Crippen molar-refractivity contribution in [3.8, 4) is 5.75 Å². The van der Waals surface area contributed by atoms with Crippen LogP contribution in [0.5, 0.6) is 5.75 Å². The lowest BCUT2D eigenvalue weighted by Gasteiger charge is -2.16. The fraction of sp³-hybridized carbons (Fsp3) is 0.455. The molecule has 0 saturated heterocycles. The molecule has 0 bridgehead atoms. The molecule has 0 spiro atoms. The molecule has 18 heavy (non-hydrogen) atoms. The van der Waals surface area contributed by atoms with Gasteiger partial charge in [0.1, 0.15) is 5.69 Å². The Labute approximate surface area is 104 Å². The largest absolute Gasteiger partial charge is 0.494 e. The number of halogens is 1. The number of ether oxygens (including phenoxy) is 1. The molecule has 6 nitrogen and oxygen atoms in total. The van der Waals surface area contributed by atoms with Gasteiger partial charge in [-0.1, -0.05) is 6.92 Å². The van der Waals surface area contributed by atoms with Crippen molar-refractivity contribution in [2.24, 2.45) is 5.73 Å². The van der Waals surface area contributed by atoms with Crippen LogP contribution in [0.3, 0.4) is 0 Å². The van der Waals surface area contributed by atoms with E-state index in [1.165, 1.54) is 13.2 Å². The van der Waals surface area contributed by atoms with Crippen molar-refractivity contribution in [1.82, 2.24) is 0 Å². The standard InChI is InChI=1S/C11H16FN3O3/c1-3-7(6-13)14-9-5-11(18-2)8(12)4-10(9)15(16)17/h4-5,7,14H,3,6,13H2,1-2H3. The molecular formula is C11H16FN3O3. The van der Waals surface area contributed by atoms with Gasteiger partial charge in [0.25, 0.3) is 5.69 Å². The summed E-state index contributed by atoms with van der Waals surface area (Å²) in [5, 5.41) is 13.8. The van der Waals surface area contributed by atoms with Crippen molar-refractivity contribution in [3.63, 3.8) is 0 Å². The van der Waals surface area contributed by atoms with Gasteiger partial charge < -0.3 is 15.8 Å². The summed E-state index contributed by atoms with van der Waals surface area (Å²) in [4.78, 5) is 10.2. The zero-order chi connectivity index (χ0) is 13.7. The highest BCUT2D eigenvalue weighted by molar-refractivity contribution is 5.65. The Hall–Kier alpha value is -1.89. The lowest BCUT2D eigenvalue weighted by molar-refractivity contribution is -0.384.